The molecule has 1 amide bonds. The van der Waals surface area contributed by atoms with Crippen LogP contribution in [0, 0.1) is 0 Å². The van der Waals surface area contributed by atoms with Crippen molar-refractivity contribution in [1.29, 1.82) is 0 Å². The SMILES string of the molecule is CC/C=C/C/C=C/C/C=C/C/C=C/CCCCCC(=O)NC(COP(=O)(O)OCC[N+](C)(C)C)C(/C=C\CCCCCCCCCCC)OC(=O)CCCCCCCCCCCCCCCCCCCCCCCCCCCCC. The van der Waals surface area contributed by atoms with Crippen molar-refractivity contribution in [3.8, 4) is 0 Å². The zero-order chi connectivity index (χ0) is 58.6. The minimum absolute atomic E-state index is 0.0337. The summed E-state index contributed by atoms with van der Waals surface area (Å²) < 4.78 is 30.7. The Balaban J connectivity index is 4.99. The van der Waals surface area contributed by atoms with Crippen LogP contribution >= 0.6 is 7.82 Å². The van der Waals surface area contributed by atoms with Crippen molar-refractivity contribution in [3.05, 3.63) is 60.8 Å². The fraction of sp³-hybridized carbons (Fsp3) is 0.829. The first-order valence-electron chi connectivity index (χ1n) is 34.1. The van der Waals surface area contributed by atoms with Crippen LogP contribution < -0.4 is 5.32 Å². The second-order valence-corrected chi connectivity index (χ2v) is 25.8. The number of phosphoric ester groups is 1. The number of hydrogen-bond donors (Lipinski definition) is 2. The number of nitrogens with one attached hydrogen (secondary N) is 1. The summed E-state index contributed by atoms with van der Waals surface area (Å²) in [5, 5.41) is 3.04. The van der Waals surface area contributed by atoms with E-state index in [-0.39, 0.29) is 31.5 Å². The predicted molar refractivity (Wildman–Crippen MR) is 346 cm³/mol. The Morgan fingerprint density at radius 1 is 0.450 bits per heavy atom. The Bertz CT molecular complexity index is 1550. The van der Waals surface area contributed by atoms with Crippen molar-refractivity contribution in [2.75, 3.05) is 40.9 Å². The molecule has 0 aromatic heterocycles. The van der Waals surface area contributed by atoms with Crippen LogP contribution in [0.1, 0.15) is 323 Å². The lowest BCUT2D eigenvalue weighted by atomic mass is 10.0. The lowest BCUT2D eigenvalue weighted by molar-refractivity contribution is -0.870. The highest BCUT2D eigenvalue weighted by atomic mass is 31.2. The Morgan fingerprint density at radius 2 is 0.800 bits per heavy atom. The average molecular weight is 1140 g/mol. The van der Waals surface area contributed by atoms with Crippen molar-refractivity contribution in [1.82, 2.24) is 5.32 Å². The van der Waals surface area contributed by atoms with E-state index >= 15 is 0 Å². The van der Waals surface area contributed by atoms with Crippen LogP contribution in [0.15, 0.2) is 60.8 Å². The van der Waals surface area contributed by atoms with Crippen molar-refractivity contribution < 1.29 is 37.3 Å². The second-order valence-electron chi connectivity index (χ2n) is 24.3. The number of ether oxygens (including phenoxy) is 1. The van der Waals surface area contributed by atoms with E-state index in [1.165, 1.54) is 199 Å². The van der Waals surface area contributed by atoms with Gasteiger partial charge in [0.1, 0.15) is 19.3 Å². The minimum atomic E-state index is -4.46. The molecule has 0 aliphatic heterocycles. The van der Waals surface area contributed by atoms with Gasteiger partial charge in [0.25, 0.3) is 0 Å². The second kappa shape index (κ2) is 59.9. The summed E-state index contributed by atoms with van der Waals surface area (Å²) in [7, 11) is 1.48. The molecule has 3 unspecified atom stereocenters. The Morgan fingerprint density at radius 3 is 1.21 bits per heavy atom. The largest absolute Gasteiger partial charge is 0.472 e. The average Bonchev–Trinajstić information content (AvgIpc) is 3.43. The molecule has 0 aliphatic rings. The summed E-state index contributed by atoms with van der Waals surface area (Å²) in [6, 6.07) is -0.864. The number of unbranched alkanes of at least 4 members (excludes halogenated alkanes) is 38. The van der Waals surface area contributed by atoms with Crippen molar-refractivity contribution in [2.24, 2.45) is 0 Å². The summed E-state index contributed by atoms with van der Waals surface area (Å²) >= 11 is 0. The van der Waals surface area contributed by atoms with Crippen molar-refractivity contribution in [3.63, 3.8) is 0 Å². The lowest BCUT2D eigenvalue weighted by Crippen LogP contribution is -2.47. The standard InChI is InChI=1S/C70H131N2O7P/c1-7-10-13-16-19-22-25-27-29-31-32-33-34-35-36-37-38-39-40-41-43-45-48-51-54-57-60-63-70(74)79-68(61-58-55-52-49-46-24-21-18-15-12-9-3)67(66-78-80(75,76)77-65-64-72(4,5)6)71-69(73)62-59-56-53-50-47-44-42-30-28-26-23-20-17-14-11-8-2/h11,14,20,23,28,30,44,47,58,61,67-68H,7-10,12-13,15-19,21-22,24-27,29,31-43,45-46,48-57,59-60,62-66H2,1-6H3,(H-,71,73,75,76)/p+1/b14-11+,23-20+,30-28+,47-44+,61-58-. The number of likely N-dealkylation sites (N-methyl/N-ethyl adjacent to an activating group) is 1. The number of quaternary nitrogens is 1. The third-order valence-electron chi connectivity index (χ3n) is 15.2. The quantitative estimate of drug-likeness (QED) is 0.0205. The van der Waals surface area contributed by atoms with Crippen LogP contribution in [-0.2, 0) is 27.9 Å². The van der Waals surface area contributed by atoms with Crippen molar-refractivity contribution in [2.45, 2.75) is 335 Å². The Kier molecular flexibility index (Phi) is 58.1. The van der Waals surface area contributed by atoms with Gasteiger partial charge < -0.3 is 19.4 Å². The van der Waals surface area contributed by atoms with Crippen LogP contribution in [0.25, 0.3) is 0 Å². The molecule has 2 N–H and O–H groups in total. The van der Waals surface area contributed by atoms with E-state index in [1.807, 2.05) is 33.3 Å². The van der Waals surface area contributed by atoms with Gasteiger partial charge in [-0.3, -0.25) is 18.6 Å². The number of esters is 1. The molecule has 0 fully saturated rings. The number of carbonyl (C=O) groups excluding carboxylic acids is 2. The van der Waals surface area contributed by atoms with Gasteiger partial charge in [0, 0.05) is 12.8 Å². The van der Waals surface area contributed by atoms with E-state index < -0.39 is 20.0 Å². The van der Waals surface area contributed by atoms with E-state index in [0.29, 0.717) is 23.9 Å². The van der Waals surface area contributed by atoms with Gasteiger partial charge in [-0.2, -0.15) is 0 Å². The van der Waals surface area contributed by atoms with E-state index in [2.05, 4.69) is 74.7 Å². The molecule has 0 spiro atoms. The summed E-state index contributed by atoms with van der Waals surface area (Å²) in [5.41, 5.74) is 0. The van der Waals surface area contributed by atoms with Crippen molar-refractivity contribution >= 4 is 19.7 Å². The number of hydrogen-bond acceptors (Lipinski definition) is 6. The predicted octanol–water partition coefficient (Wildman–Crippen LogP) is 21.4. The number of allylic oxidation sites excluding steroid dienone is 9. The van der Waals surface area contributed by atoms with Crippen LogP contribution in [0.2, 0.25) is 0 Å². The molecule has 0 rings (SSSR count). The van der Waals surface area contributed by atoms with Gasteiger partial charge in [0.05, 0.1) is 33.8 Å². The molecule has 10 heteroatoms. The highest BCUT2D eigenvalue weighted by Crippen LogP contribution is 2.43. The normalized spacial score (nSPS) is 13.9. The molecule has 9 nitrogen and oxygen atoms in total. The summed E-state index contributed by atoms with van der Waals surface area (Å²) in [4.78, 5) is 37.7. The molecule has 468 valence electrons. The summed E-state index contributed by atoms with van der Waals surface area (Å²) in [5.74, 6) is -0.531. The molecule has 0 bridgehead atoms. The van der Waals surface area contributed by atoms with E-state index in [0.717, 1.165) is 83.5 Å². The molecule has 3 atom stereocenters. The first kappa shape index (κ1) is 77.7. The molecule has 0 saturated carbocycles. The monoisotopic (exact) mass is 1140 g/mol. The zero-order valence-corrected chi connectivity index (χ0v) is 54.5. The molecular weight excluding hydrogens is 1010 g/mol. The van der Waals surface area contributed by atoms with Gasteiger partial charge in [-0.25, -0.2) is 4.57 Å². The first-order valence-corrected chi connectivity index (χ1v) is 35.6. The maximum Gasteiger partial charge on any atom is 0.472 e. The molecule has 0 aliphatic carbocycles. The number of nitrogens with zero attached hydrogens (tertiary/aromatic N) is 1. The number of carbonyl (C=O) groups is 2. The highest BCUT2D eigenvalue weighted by molar-refractivity contribution is 7.47. The lowest BCUT2D eigenvalue weighted by Gasteiger charge is -2.27. The van der Waals surface area contributed by atoms with Gasteiger partial charge in [0.2, 0.25) is 5.91 Å². The fourth-order valence-corrected chi connectivity index (χ4v) is 10.7. The van der Waals surface area contributed by atoms with Gasteiger partial charge in [-0.1, -0.05) is 300 Å². The first-order chi connectivity index (χ1) is 38.9. The van der Waals surface area contributed by atoms with Crippen LogP contribution in [-0.4, -0.2) is 74.3 Å². The molecule has 0 aromatic rings. The number of phosphoric acid groups is 1. The fourth-order valence-electron chi connectivity index (χ4n) is 9.99. The highest BCUT2D eigenvalue weighted by Gasteiger charge is 2.30. The van der Waals surface area contributed by atoms with Gasteiger partial charge >= 0.3 is 13.8 Å². The van der Waals surface area contributed by atoms with E-state index in [9.17, 15) is 19.0 Å². The van der Waals surface area contributed by atoms with Crippen LogP contribution in [0.4, 0.5) is 0 Å². The van der Waals surface area contributed by atoms with Gasteiger partial charge in [-0.05, 0) is 70.3 Å². The topological polar surface area (TPSA) is 111 Å². The third-order valence-corrected chi connectivity index (χ3v) is 16.2. The number of rotatable bonds is 62. The van der Waals surface area contributed by atoms with Gasteiger partial charge in [-0.15, -0.1) is 0 Å². The molecule has 80 heavy (non-hydrogen) atoms. The molecule has 0 heterocycles. The maximum absolute atomic E-state index is 13.5. The molecule has 0 radical (unpaired) electrons. The summed E-state index contributed by atoms with van der Waals surface area (Å²) in [6.07, 6.45) is 76.8. The summed E-state index contributed by atoms with van der Waals surface area (Å²) in [6.45, 7) is 6.90. The van der Waals surface area contributed by atoms with Gasteiger partial charge in [0.15, 0.2) is 0 Å². The zero-order valence-electron chi connectivity index (χ0n) is 53.6. The van der Waals surface area contributed by atoms with E-state index in [1.54, 1.807) is 0 Å². The number of amides is 1. The smallest absolute Gasteiger partial charge is 0.456 e. The third kappa shape index (κ3) is 60.3. The Hall–Kier alpha value is -2.29. The van der Waals surface area contributed by atoms with Crippen LogP contribution in [0.5, 0.6) is 0 Å². The van der Waals surface area contributed by atoms with E-state index in [4.69, 9.17) is 13.8 Å². The van der Waals surface area contributed by atoms with Crippen LogP contribution in [0.3, 0.4) is 0 Å². The molecule has 0 saturated heterocycles. The maximum atomic E-state index is 13.5. The molecular formula is C70H132N2O7P+. The molecule has 0 aromatic carbocycles. The Labute approximate surface area is 496 Å². The minimum Gasteiger partial charge on any atom is -0.456 e.